The molecule has 0 bridgehead atoms. The molecule has 2 aromatic rings. The van der Waals surface area contributed by atoms with Crippen molar-refractivity contribution in [1.82, 2.24) is 0 Å². The first-order valence-electron chi connectivity index (χ1n) is 6.51. The minimum absolute atomic E-state index is 0. The van der Waals surface area contributed by atoms with Crippen molar-refractivity contribution < 1.29 is 4.74 Å². The lowest BCUT2D eigenvalue weighted by molar-refractivity contribution is 0.306. The van der Waals surface area contributed by atoms with E-state index in [0.717, 1.165) is 22.8 Å². The van der Waals surface area contributed by atoms with Crippen molar-refractivity contribution in [3.8, 4) is 5.75 Å². The fraction of sp³-hybridized carbons (Fsp3) is 0.188. The van der Waals surface area contributed by atoms with Crippen LogP contribution in [0.1, 0.15) is 12.5 Å². The Morgan fingerprint density at radius 2 is 1.76 bits per heavy atom. The molecule has 0 aromatic heterocycles. The van der Waals surface area contributed by atoms with Crippen LogP contribution >= 0.6 is 35.7 Å². The van der Waals surface area contributed by atoms with Crippen molar-refractivity contribution in [2.24, 2.45) is 10.7 Å². The number of nitrogens with zero attached hydrogens (tertiary/aromatic N) is 1. The molecule has 0 aliphatic heterocycles. The maximum absolute atomic E-state index is 5.77. The first-order chi connectivity index (χ1) is 9.78. The molecule has 0 heterocycles. The Morgan fingerprint density at radius 1 is 1.10 bits per heavy atom. The fourth-order valence-electron chi connectivity index (χ4n) is 1.67. The number of hydrogen-bond acceptors (Lipinski definition) is 3. The number of thioether (sulfide) groups is 1. The van der Waals surface area contributed by atoms with Crippen LogP contribution in [0.4, 0.5) is 5.69 Å². The normalized spacial score (nSPS) is 10.8. The molecule has 112 valence electrons. The van der Waals surface area contributed by atoms with Gasteiger partial charge in [-0.15, -0.1) is 24.0 Å². The second-order valence-electron chi connectivity index (χ2n) is 4.15. The largest absolute Gasteiger partial charge is 0.489 e. The minimum Gasteiger partial charge on any atom is -0.489 e. The number of halogens is 1. The number of benzene rings is 2. The summed E-state index contributed by atoms with van der Waals surface area (Å²) in [4.78, 5) is 4.31. The third-order valence-corrected chi connectivity index (χ3v) is 3.29. The molecule has 0 radical (unpaired) electrons. The zero-order valence-corrected chi connectivity index (χ0v) is 15.0. The van der Waals surface area contributed by atoms with Crippen LogP contribution < -0.4 is 10.5 Å². The van der Waals surface area contributed by atoms with Crippen LogP contribution in [0, 0.1) is 0 Å². The van der Waals surface area contributed by atoms with Crippen molar-refractivity contribution >= 4 is 46.6 Å². The fourth-order valence-corrected chi connectivity index (χ4v) is 2.13. The SMILES string of the molecule is CCSC(N)=Nc1ccc(OCc2ccccc2)cc1.I. The van der Waals surface area contributed by atoms with Gasteiger partial charge < -0.3 is 10.5 Å². The van der Waals surface area contributed by atoms with E-state index < -0.39 is 0 Å². The highest BCUT2D eigenvalue weighted by Crippen LogP contribution is 2.20. The molecule has 0 aliphatic carbocycles. The predicted molar refractivity (Wildman–Crippen MR) is 102 cm³/mol. The molecule has 0 amide bonds. The number of rotatable bonds is 5. The third kappa shape index (κ3) is 6.39. The van der Waals surface area contributed by atoms with Gasteiger partial charge >= 0.3 is 0 Å². The summed E-state index contributed by atoms with van der Waals surface area (Å²) in [6.07, 6.45) is 0. The van der Waals surface area contributed by atoms with Crippen LogP contribution in [-0.4, -0.2) is 10.9 Å². The van der Waals surface area contributed by atoms with Gasteiger partial charge in [0.25, 0.3) is 0 Å². The van der Waals surface area contributed by atoms with Gasteiger partial charge in [0.05, 0.1) is 5.69 Å². The predicted octanol–water partition coefficient (Wildman–Crippen LogP) is 4.58. The molecule has 0 fully saturated rings. The molecule has 3 nitrogen and oxygen atoms in total. The van der Waals surface area contributed by atoms with E-state index in [0.29, 0.717) is 11.8 Å². The Balaban J connectivity index is 0.00000220. The Kier molecular flexibility index (Phi) is 8.22. The molecule has 0 aliphatic rings. The zero-order valence-electron chi connectivity index (χ0n) is 11.9. The topological polar surface area (TPSA) is 47.6 Å². The van der Waals surface area contributed by atoms with Crippen molar-refractivity contribution in [2.75, 3.05) is 5.75 Å². The molecule has 0 atom stereocenters. The van der Waals surface area contributed by atoms with E-state index in [1.165, 1.54) is 11.8 Å². The van der Waals surface area contributed by atoms with E-state index in [-0.39, 0.29) is 24.0 Å². The summed E-state index contributed by atoms with van der Waals surface area (Å²) in [7, 11) is 0. The lowest BCUT2D eigenvalue weighted by Gasteiger charge is -2.06. The lowest BCUT2D eigenvalue weighted by atomic mass is 10.2. The van der Waals surface area contributed by atoms with Crippen LogP contribution in [0.2, 0.25) is 0 Å². The number of nitrogens with two attached hydrogens (primary N) is 1. The molecule has 2 N–H and O–H groups in total. The van der Waals surface area contributed by atoms with E-state index in [1.54, 1.807) is 0 Å². The molecule has 2 aromatic carbocycles. The molecule has 0 saturated carbocycles. The zero-order chi connectivity index (χ0) is 14.2. The van der Waals surface area contributed by atoms with E-state index >= 15 is 0 Å². The Bertz CT molecular complexity index is 558. The molecule has 0 unspecified atom stereocenters. The Morgan fingerprint density at radius 3 is 2.38 bits per heavy atom. The second kappa shape index (κ2) is 9.68. The third-order valence-electron chi connectivity index (χ3n) is 2.62. The summed E-state index contributed by atoms with van der Waals surface area (Å²) in [6.45, 7) is 2.62. The second-order valence-corrected chi connectivity index (χ2v) is 5.44. The molecular formula is C16H19IN2OS. The lowest BCUT2D eigenvalue weighted by Crippen LogP contribution is -2.05. The number of hydrogen-bond donors (Lipinski definition) is 1. The van der Waals surface area contributed by atoms with Gasteiger partial charge in [-0.05, 0) is 35.6 Å². The van der Waals surface area contributed by atoms with E-state index in [4.69, 9.17) is 10.5 Å². The van der Waals surface area contributed by atoms with Crippen LogP contribution in [-0.2, 0) is 6.61 Å². The highest BCUT2D eigenvalue weighted by Gasteiger charge is 1.97. The maximum atomic E-state index is 5.77. The molecule has 21 heavy (non-hydrogen) atoms. The smallest absolute Gasteiger partial charge is 0.159 e. The summed E-state index contributed by atoms with van der Waals surface area (Å²) in [5.41, 5.74) is 7.76. The minimum atomic E-state index is 0. The van der Waals surface area contributed by atoms with Gasteiger partial charge in [0, 0.05) is 0 Å². The van der Waals surface area contributed by atoms with Gasteiger partial charge in [-0.1, -0.05) is 49.0 Å². The first kappa shape index (κ1) is 17.8. The van der Waals surface area contributed by atoms with Crippen LogP contribution in [0.5, 0.6) is 5.75 Å². The summed E-state index contributed by atoms with van der Waals surface area (Å²) in [6, 6.07) is 17.7. The molecule has 0 spiro atoms. The van der Waals surface area contributed by atoms with Gasteiger partial charge in [0.15, 0.2) is 5.17 Å². The maximum Gasteiger partial charge on any atom is 0.159 e. The van der Waals surface area contributed by atoms with Crippen LogP contribution in [0.3, 0.4) is 0 Å². The van der Waals surface area contributed by atoms with E-state index in [1.807, 2.05) is 61.5 Å². The Hall–Kier alpha value is -1.21. The molecule has 5 heteroatoms. The number of amidine groups is 1. The molecule has 2 rings (SSSR count). The van der Waals surface area contributed by atoms with Gasteiger partial charge in [-0.3, -0.25) is 0 Å². The standard InChI is InChI=1S/C16H18N2OS.HI/c1-2-20-16(17)18-14-8-10-15(11-9-14)19-12-13-6-4-3-5-7-13;/h3-11H,2,12H2,1H3,(H2,17,18);1H. The van der Waals surface area contributed by atoms with Crippen LogP contribution in [0.25, 0.3) is 0 Å². The highest BCUT2D eigenvalue weighted by molar-refractivity contribution is 14.0. The summed E-state index contributed by atoms with van der Waals surface area (Å²) in [5, 5.41) is 0.588. The van der Waals surface area contributed by atoms with Gasteiger partial charge in [-0.2, -0.15) is 0 Å². The molecule has 0 saturated heterocycles. The van der Waals surface area contributed by atoms with E-state index in [9.17, 15) is 0 Å². The highest BCUT2D eigenvalue weighted by atomic mass is 127. The summed E-state index contributed by atoms with van der Waals surface area (Å²) >= 11 is 1.53. The number of aliphatic imine (C=N–C) groups is 1. The molecular weight excluding hydrogens is 395 g/mol. The number of ether oxygens (including phenoxy) is 1. The first-order valence-corrected chi connectivity index (χ1v) is 7.50. The summed E-state index contributed by atoms with van der Waals surface area (Å²) < 4.78 is 5.71. The quantitative estimate of drug-likeness (QED) is 0.443. The Labute approximate surface area is 147 Å². The average Bonchev–Trinajstić information content (AvgIpc) is 2.48. The van der Waals surface area contributed by atoms with Gasteiger partial charge in [0.2, 0.25) is 0 Å². The monoisotopic (exact) mass is 414 g/mol. The average molecular weight is 414 g/mol. The van der Waals surface area contributed by atoms with Crippen molar-refractivity contribution in [3.63, 3.8) is 0 Å². The van der Waals surface area contributed by atoms with E-state index in [2.05, 4.69) is 4.99 Å². The van der Waals surface area contributed by atoms with Gasteiger partial charge in [0.1, 0.15) is 12.4 Å². The van der Waals surface area contributed by atoms with Crippen molar-refractivity contribution in [2.45, 2.75) is 13.5 Å². The van der Waals surface area contributed by atoms with Crippen LogP contribution in [0.15, 0.2) is 59.6 Å². The van der Waals surface area contributed by atoms with Crippen molar-refractivity contribution in [1.29, 1.82) is 0 Å². The van der Waals surface area contributed by atoms with Crippen molar-refractivity contribution in [3.05, 3.63) is 60.2 Å². The summed E-state index contributed by atoms with van der Waals surface area (Å²) in [5.74, 6) is 1.75. The van der Waals surface area contributed by atoms with Gasteiger partial charge in [-0.25, -0.2) is 4.99 Å².